The van der Waals surface area contributed by atoms with Crippen LogP contribution in [0.1, 0.15) is 29.8 Å². The molecule has 0 aromatic carbocycles. The Hall–Kier alpha value is -1.26. The summed E-state index contributed by atoms with van der Waals surface area (Å²) in [6.07, 6.45) is 7.80. The van der Waals surface area contributed by atoms with Crippen molar-refractivity contribution in [3.05, 3.63) is 46.7 Å². The Bertz CT molecular complexity index is 413. The summed E-state index contributed by atoms with van der Waals surface area (Å²) in [6, 6.07) is 4.46. The number of aromatic nitrogens is 2. The van der Waals surface area contributed by atoms with Gasteiger partial charge in [0.15, 0.2) is 0 Å². The van der Waals surface area contributed by atoms with Crippen LogP contribution in [0.2, 0.25) is 0 Å². The first-order valence-corrected chi connectivity index (χ1v) is 6.78. The second-order valence-corrected chi connectivity index (χ2v) is 4.89. The average molecular weight is 247 g/mol. The standard InChI is InChI=1S/C13H17N3S/c1-2-5-16-12(13-9-15-10-17-13)7-11-4-3-6-14-8-11/h3-4,6,8-10,12,16H,2,5,7H2,1H3. The third-order valence-corrected chi connectivity index (χ3v) is 3.49. The van der Waals surface area contributed by atoms with Gasteiger partial charge in [0, 0.05) is 29.5 Å². The minimum atomic E-state index is 0.353. The monoisotopic (exact) mass is 247 g/mol. The van der Waals surface area contributed by atoms with Crippen LogP contribution in [0.5, 0.6) is 0 Å². The number of nitrogens with one attached hydrogen (secondary N) is 1. The molecule has 3 nitrogen and oxygen atoms in total. The summed E-state index contributed by atoms with van der Waals surface area (Å²) in [4.78, 5) is 9.61. The molecule has 0 fully saturated rings. The Morgan fingerprint density at radius 1 is 1.35 bits per heavy atom. The van der Waals surface area contributed by atoms with E-state index in [1.54, 1.807) is 11.3 Å². The molecule has 2 heterocycles. The van der Waals surface area contributed by atoms with Gasteiger partial charge in [0.05, 0.1) is 5.51 Å². The van der Waals surface area contributed by atoms with E-state index in [4.69, 9.17) is 0 Å². The lowest BCUT2D eigenvalue weighted by atomic mass is 10.1. The van der Waals surface area contributed by atoms with Crippen LogP contribution in [0.4, 0.5) is 0 Å². The number of hydrogen-bond acceptors (Lipinski definition) is 4. The highest BCUT2D eigenvalue weighted by atomic mass is 32.1. The SMILES string of the molecule is CCCNC(Cc1cccnc1)c1cncs1. The molecule has 1 N–H and O–H groups in total. The van der Waals surface area contributed by atoms with E-state index in [9.17, 15) is 0 Å². The molecule has 0 aliphatic carbocycles. The third-order valence-electron chi connectivity index (χ3n) is 2.60. The van der Waals surface area contributed by atoms with Crippen molar-refractivity contribution in [2.45, 2.75) is 25.8 Å². The van der Waals surface area contributed by atoms with E-state index in [1.165, 1.54) is 10.4 Å². The summed E-state index contributed by atoms with van der Waals surface area (Å²) in [5.41, 5.74) is 3.15. The van der Waals surface area contributed by atoms with Crippen LogP contribution in [0, 0.1) is 0 Å². The predicted molar refractivity (Wildman–Crippen MR) is 71.1 cm³/mol. The highest BCUT2D eigenvalue weighted by molar-refractivity contribution is 7.09. The first-order valence-electron chi connectivity index (χ1n) is 5.91. The summed E-state index contributed by atoms with van der Waals surface area (Å²) in [5, 5.41) is 3.56. The van der Waals surface area contributed by atoms with E-state index in [-0.39, 0.29) is 0 Å². The maximum absolute atomic E-state index is 4.16. The van der Waals surface area contributed by atoms with Crippen molar-refractivity contribution >= 4 is 11.3 Å². The molecule has 0 radical (unpaired) electrons. The van der Waals surface area contributed by atoms with Gasteiger partial charge >= 0.3 is 0 Å². The topological polar surface area (TPSA) is 37.8 Å². The molecule has 0 aliphatic rings. The molecule has 0 amide bonds. The maximum Gasteiger partial charge on any atom is 0.0794 e. The molecule has 2 rings (SSSR count). The largest absolute Gasteiger partial charge is 0.309 e. The third kappa shape index (κ3) is 3.61. The predicted octanol–water partition coefficient (Wildman–Crippen LogP) is 2.82. The lowest BCUT2D eigenvalue weighted by Crippen LogP contribution is -2.23. The molecule has 0 saturated heterocycles. The zero-order valence-corrected chi connectivity index (χ0v) is 10.8. The van der Waals surface area contributed by atoms with E-state index in [1.807, 2.05) is 30.2 Å². The van der Waals surface area contributed by atoms with E-state index in [0.29, 0.717) is 6.04 Å². The summed E-state index contributed by atoms with van der Waals surface area (Å²) >= 11 is 1.71. The molecule has 4 heteroatoms. The summed E-state index contributed by atoms with van der Waals surface area (Å²) in [7, 11) is 0. The molecule has 90 valence electrons. The Morgan fingerprint density at radius 3 is 2.94 bits per heavy atom. The minimum Gasteiger partial charge on any atom is -0.309 e. The Kier molecular flexibility index (Phi) is 4.64. The second-order valence-electron chi connectivity index (χ2n) is 3.98. The fourth-order valence-corrected chi connectivity index (χ4v) is 2.44. The highest BCUT2D eigenvalue weighted by Crippen LogP contribution is 2.21. The quantitative estimate of drug-likeness (QED) is 0.853. The van der Waals surface area contributed by atoms with Crippen LogP contribution in [0.25, 0.3) is 0 Å². The van der Waals surface area contributed by atoms with Crippen LogP contribution in [-0.4, -0.2) is 16.5 Å². The van der Waals surface area contributed by atoms with Crippen molar-refractivity contribution in [1.29, 1.82) is 0 Å². The molecule has 17 heavy (non-hydrogen) atoms. The van der Waals surface area contributed by atoms with Gasteiger partial charge in [-0.05, 0) is 31.0 Å². The lowest BCUT2D eigenvalue weighted by molar-refractivity contribution is 0.535. The van der Waals surface area contributed by atoms with Gasteiger partial charge in [0.2, 0.25) is 0 Å². The zero-order valence-electron chi connectivity index (χ0n) is 9.97. The molecule has 0 saturated carbocycles. The molecule has 1 atom stereocenters. The van der Waals surface area contributed by atoms with Crippen molar-refractivity contribution in [2.24, 2.45) is 0 Å². The fourth-order valence-electron chi connectivity index (χ4n) is 1.74. The number of nitrogens with zero attached hydrogens (tertiary/aromatic N) is 2. The first kappa shape index (κ1) is 12.2. The highest BCUT2D eigenvalue weighted by Gasteiger charge is 2.12. The smallest absolute Gasteiger partial charge is 0.0794 e. The zero-order chi connectivity index (χ0) is 11.9. The van der Waals surface area contributed by atoms with Gasteiger partial charge in [-0.1, -0.05) is 13.0 Å². The van der Waals surface area contributed by atoms with E-state index >= 15 is 0 Å². The van der Waals surface area contributed by atoms with Crippen LogP contribution in [0.3, 0.4) is 0 Å². The van der Waals surface area contributed by atoms with Gasteiger partial charge in [-0.3, -0.25) is 9.97 Å². The van der Waals surface area contributed by atoms with Crippen molar-refractivity contribution < 1.29 is 0 Å². The van der Waals surface area contributed by atoms with Gasteiger partial charge < -0.3 is 5.32 Å². The number of rotatable bonds is 6. The number of thiazole rings is 1. The van der Waals surface area contributed by atoms with Gasteiger partial charge in [0.1, 0.15) is 0 Å². The molecule has 1 unspecified atom stereocenters. The molecule has 2 aromatic heterocycles. The van der Waals surface area contributed by atoms with E-state index in [2.05, 4.69) is 28.3 Å². The van der Waals surface area contributed by atoms with Crippen LogP contribution < -0.4 is 5.32 Å². The van der Waals surface area contributed by atoms with E-state index < -0.39 is 0 Å². The molecular formula is C13H17N3S. The summed E-state index contributed by atoms with van der Waals surface area (Å²) in [5.74, 6) is 0. The van der Waals surface area contributed by atoms with E-state index in [0.717, 1.165) is 19.4 Å². The fraction of sp³-hybridized carbons (Fsp3) is 0.385. The van der Waals surface area contributed by atoms with Gasteiger partial charge in [-0.15, -0.1) is 11.3 Å². The van der Waals surface area contributed by atoms with Gasteiger partial charge in [-0.25, -0.2) is 0 Å². The first-order chi connectivity index (χ1) is 8.40. The molecule has 0 spiro atoms. The lowest BCUT2D eigenvalue weighted by Gasteiger charge is -2.16. The van der Waals surface area contributed by atoms with Crippen molar-refractivity contribution in [2.75, 3.05) is 6.54 Å². The summed E-state index contributed by atoms with van der Waals surface area (Å²) in [6.45, 7) is 3.21. The molecule has 0 aliphatic heterocycles. The maximum atomic E-state index is 4.16. The second kappa shape index (κ2) is 6.47. The molecule has 0 bridgehead atoms. The van der Waals surface area contributed by atoms with Crippen LogP contribution >= 0.6 is 11.3 Å². The van der Waals surface area contributed by atoms with Crippen LogP contribution in [-0.2, 0) is 6.42 Å². The normalized spacial score (nSPS) is 12.5. The molecule has 2 aromatic rings. The average Bonchev–Trinajstić information content (AvgIpc) is 2.89. The van der Waals surface area contributed by atoms with Gasteiger partial charge in [-0.2, -0.15) is 0 Å². The van der Waals surface area contributed by atoms with Gasteiger partial charge in [0.25, 0.3) is 0 Å². The van der Waals surface area contributed by atoms with Crippen molar-refractivity contribution in [1.82, 2.24) is 15.3 Å². The Morgan fingerprint density at radius 2 is 2.29 bits per heavy atom. The number of pyridine rings is 1. The molecular weight excluding hydrogens is 230 g/mol. The van der Waals surface area contributed by atoms with Crippen molar-refractivity contribution in [3.63, 3.8) is 0 Å². The van der Waals surface area contributed by atoms with Crippen molar-refractivity contribution in [3.8, 4) is 0 Å². The number of hydrogen-bond donors (Lipinski definition) is 1. The minimum absolute atomic E-state index is 0.353. The Labute approximate surface area is 106 Å². The Balaban J connectivity index is 2.06. The summed E-state index contributed by atoms with van der Waals surface area (Å²) < 4.78 is 0. The van der Waals surface area contributed by atoms with Crippen LogP contribution in [0.15, 0.2) is 36.2 Å².